The first-order chi connectivity index (χ1) is 20.6. The van der Waals surface area contributed by atoms with Gasteiger partial charge in [-0.2, -0.15) is 0 Å². The van der Waals surface area contributed by atoms with Crippen LogP contribution >= 0.6 is 0 Å². The lowest BCUT2D eigenvalue weighted by atomic mass is 10.1. The Morgan fingerprint density at radius 2 is 0.857 bits per heavy atom. The Morgan fingerprint density at radius 3 is 1.24 bits per heavy atom. The number of carbonyl (C=O) groups excluding carboxylic acids is 2. The molecule has 4 aromatic carbocycles. The van der Waals surface area contributed by atoms with Crippen LogP contribution in [0.4, 0.5) is 0 Å². The molecule has 0 aliphatic carbocycles. The molecule has 0 bridgehead atoms. The standard InChI is InChI=1S/C36H40O6/c1-3-5-7-9-23-39-31-17-11-27(12-18-31)35(37)41-33-21-15-30-26-34(22-16-29(30)25-33)42-36(38)28-13-19-32(20-14-28)40-24-10-8-6-4-2/h11-22,25-26H,3-10,23-24H2,1-2H3. The fourth-order valence-corrected chi connectivity index (χ4v) is 4.47. The summed E-state index contributed by atoms with van der Waals surface area (Å²) in [5.41, 5.74) is 0.893. The minimum Gasteiger partial charge on any atom is -0.494 e. The summed E-state index contributed by atoms with van der Waals surface area (Å²) in [5, 5.41) is 1.71. The third kappa shape index (κ3) is 9.37. The van der Waals surface area contributed by atoms with Crippen LogP contribution in [0.5, 0.6) is 23.0 Å². The number of esters is 2. The van der Waals surface area contributed by atoms with Crippen LogP contribution in [0.15, 0.2) is 84.9 Å². The van der Waals surface area contributed by atoms with Gasteiger partial charge in [0.05, 0.1) is 24.3 Å². The second-order valence-corrected chi connectivity index (χ2v) is 10.3. The van der Waals surface area contributed by atoms with Crippen molar-refractivity contribution >= 4 is 22.7 Å². The Bertz CT molecular complexity index is 1320. The van der Waals surface area contributed by atoms with Crippen LogP contribution in [0.3, 0.4) is 0 Å². The molecule has 42 heavy (non-hydrogen) atoms. The molecule has 6 heteroatoms. The van der Waals surface area contributed by atoms with Gasteiger partial charge in [-0.25, -0.2) is 9.59 Å². The highest BCUT2D eigenvalue weighted by Crippen LogP contribution is 2.26. The zero-order valence-electron chi connectivity index (χ0n) is 24.6. The normalized spacial score (nSPS) is 10.8. The Kier molecular flexibility index (Phi) is 11.8. The van der Waals surface area contributed by atoms with E-state index in [1.807, 2.05) is 12.1 Å². The van der Waals surface area contributed by atoms with Gasteiger partial charge >= 0.3 is 11.9 Å². The molecule has 0 amide bonds. The third-order valence-corrected chi connectivity index (χ3v) is 6.92. The molecule has 0 aliphatic heterocycles. The molecule has 0 aromatic heterocycles. The lowest BCUT2D eigenvalue weighted by Crippen LogP contribution is -2.09. The van der Waals surface area contributed by atoms with Crippen molar-refractivity contribution in [1.82, 2.24) is 0 Å². The number of unbranched alkanes of at least 4 members (excludes halogenated alkanes) is 6. The van der Waals surface area contributed by atoms with Crippen molar-refractivity contribution in [3.8, 4) is 23.0 Å². The molecular formula is C36H40O6. The zero-order chi connectivity index (χ0) is 29.6. The molecule has 0 heterocycles. The molecule has 0 spiro atoms. The molecule has 0 unspecified atom stereocenters. The number of rotatable bonds is 16. The molecule has 0 saturated carbocycles. The van der Waals surface area contributed by atoms with Gasteiger partial charge in [0.1, 0.15) is 23.0 Å². The first kappa shape index (κ1) is 30.6. The van der Waals surface area contributed by atoms with Crippen LogP contribution < -0.4 is 18.9 Å². The molecule has 220 valence electrons. The maximum atomic E-state index is 12.7. The van der Waals surface area contributed by atoms with Crippen molar-refractivity contribution in [3.63, 3.8) is 0 Å². The van der Waals surface area contributed by atoms with Crippen LogP contribution in [0.2, 0.25) is 0 Å². The molecule has 0 aliphatic rings. The zero-order valence-corrected chi connectivity index (χ0v) is 24.6. The highest BCUT2D eigenvalue weighted by Gasteiger charge is 2.12. The monoisotopic (exact) mass is 568 g/mol. The maximum absolute atomic E-state index is 12.7. The van der Waals surface area contributed by atoms with Gasteiger partial charge in [-0.1, -0.05) is 64.5 Å². The van der Waals surface area contributed by atoms with Gasteiger partial charge in [0, 0.05) is 0 Å². The van der Waals surface area contributed by atoms with E-state index in [9.17, 15) is 9.59 Å². The van der Waals surface area contributed by atoms with Crippen molar-refractivity contribution in [2.45, 2.75) is 65.2 Å². The lowest BCUT2D eigenvalue weighted by molar-refractivity contribution is 0.0725. The minimum atomic E-state index is -0.442. The number of carbonyl (C=O) groups is 2. The van der Waals surface area contributed by atoms with E-state index in [-0.39, 0.29) is 0 Å². The molecule has 0 saturated heterocycles. The summed E-state index contributed by atoms with van der Waals surface area (Å²) in [7, 11) is 0. The Hall–Kier alpha value is -4.32. The predicted octanol–water partition coefficient (Wildman–Crippen LogP) is 9.20. The summed E-state index contributed by atoms with van der Waals surface area (Å²) in [6.07, 6.45) is 9.15. The molecule has 0 fully saturated rings. The highest BCUT2D eigenvalue weighted by molar-refractivity contribution is 5.93. The second-order valence-electron chi connectivity index (χ2n) is 10.3. The number of ether oxygens (including phenoxy) is 4. The van der Waals surface area contributed by atoms with Gasteiger partial charge in [-0.05, 0) is 96.4 Å². The van der Waals surface area contributed by atoms with Gasteiger partial charge in [0.25, 0.3) is 0 Å². The molecule has 4 aromatic rings. The predicted molar refractivity (Wildman–Crippen MR) is 166 cm³/mol. The van der Waals surface area contributed by atoms with E-state index < -0.39 is 11.9 Å². The van der Waals surface area contributed by atoms with E-state index >= 15 is 0 Å². The first-order valence-electron chi connectivity index (χ1n) is 15.0. The summed E-state index contributed by atoms with van der Waals surface area (Å²) >= 11 is 0. The van der Waals surface area contributed by atoms with Crippen LogP contribution in [-0.2, 0) is 0 Å². The van der Waals surface area contributed by atoms with Gasteiger partial charge in [-0.15, -0.1) is 0 Å². The highest BCUT2D eigenvalue weighted by atomic mass is 16.5. The molecule has 0 atom stereocenters. The summed E-state index contributed by atoms with van der Waals surface area (Å²) in [5.74, 6) is 1.46. The second kappa shape index (κ2) is 16.2. The van der Waals surface area contributed by atoms with E-state index in [0.717, 1.165) is 48.0 Å². The fraction of sp³-hybridized carbons (Fsp3) is 0.333. The Balaban J connectivity index is 1.29. The average molecular weight is 569 g/mol. The Morgan fingerprint density at radius 1 is 0.476 bits per heavy atom. The maximum Gasteiger partial charge on any atom is 0.343 e. The van der Waals surface area contributed by atoms with Crippen molar-refractivity contribution in [2.24, 2.45) is 0 Å². The summed E-state index contributed by atoms with van der Waals surface area (Å²) in [6.45, 7) is 5.70. The van der Waals surface area contributed by atoms with Crippen LogP contribution in [0, 0.1) is 0 Å². The van der Waals surface area contributed by atoms with E-state index in [4.69, 9.17) is 18.9 Å². The van der Waals surface area contributed by atoms with E-state index in [1.165, 1.54) is 25.7 Å². The van der Waals surface area contributed by atoms with Crippen LogP contribution in [0.25, 0.3) is 10.8 Å². The Labute approximate surface area is 248 Å². The fourth-order valence-electron chi connectivity index (χ4n) is 4.47. The van der Waals surface area contributed by atoms with Gasteiger partial charge in [-0.3, -0.25) is 0 Å². The molecule has 0 N–H and O–H groups in total. The molecule has 6 nitrogen and oxygen atoms in total. The lowest BCUT2D eigenvalue weighted by Gasteiger charge is -2.09. The summed E-state index contributed by atoms with van der Waals surface area (Å²) in [6, 6.07) is 24.7. The summed E-state index contributed by atoms with van der Waals surface area (Å²) < 4.78 is 22.7. The van der Waals surface area contributed by atoms with Crippen molar-refractivity contribution < 1.29 is 28.5 Å². The smallest absolute Gasteiger partial charge is 0.343 e. The number of hydrogen-bond acceptors (Lipinski definition) is 6. The van der Waals surface area contributed by atoms with E-state index in [0.29, 0.717) is 35.8 Å². The van der Waals surface area contributed by atoms with Crippen LogP contribution in [-0.4, -0.2) is 25.2 Å². The van der Waals surface area contributed by atoms with Crippen molar-refractivity contribution in [2.75, 3.05) is 13.2 Å². The van der Waals surface area contributed by atoms with Crippen molar-refractivity contribution in [3.05, 3.63) is 96.1 Å². The van der Waals surface area contributed by atoms with Gasteiger partial charge in [0.15, 0.2) is 0 Å². The largest absolute Gasteiger partial charge is 0.494 e. The number of fused-ring (bicyclic) bond motifs is 1. The first-order valence-corrected chi connectivity index (χ1v) is 15.0. The van der Waals surface area contributed by atoms with Crippen molar-refractivity contribution in [1.29, 1.82) is 0 Å². The topological polar surface area (TPSA) is 71.1 Å². The van der Waals surface area contributed by atoms with E-state index in [2.05, 4.69) is 13.8 Å². The SMILES string of the molecule is CCCCCCOc1ccc(C(=O)Oc2ccc3cc(OC(=O)c4ccc(OCCCCCC)cc4)ccc3c2)cc1. The van der Waals surface area contributed by atoms with E-state index in [1.54, 1.807) is 72.8 Å². The number of benzene rings is 4. The molecule has 4 rings (SSSR count). The molecular weight excluding hydrogens is 528 g/mol. The third-order valence-electron chi connectivity index (χ3n) is 6.92. The average Bonchev–Trinajstić information content (AvgIpc) is 3.01. The molecule has 0 radical (unpaired) electrons. The van der Waals surface area contributed by atoms with Gasteiger partial charge in [0.2, 0.25) is 0 Å². The quantitative estimate of drug-likeness (QED) is 0.0762. The van der Waals surface area contributed by atoms with Crippen LogP contribution in [0.1, 0.15) is 85.9 Å². The summed E-state index contributed by atoms with van der Waals surface area (Å²) in [4.78, 5) is 25.4. The van der Waals surface area contributed by atoms with Gasteiger partial charge < -0.3 is 18.9 Å². The minimum absolute atomic E-state index is 0.432. The number of hydrogen-bond donors (Lipinski definition) is 0.